The molecule has 0 aliphatic rings. The van der Waals surface area contributed by atoms with E-state index in [1.54, 1.807) is 0 Å². The van der Waals surface area contributed by atoms with E-state index >= 15 is 0 Å². The molecule has 0 saturated heterocycles. The molecule has 3 nitrogen and oxygen atoms in total. The predicted octanol–water partition coefficient (Wildman–Crippen LogP) is 11.7. The van der Waals surface area contributed by atoms with E-state index < -0.39 is 0 Å². The molecule has 0 saturated carbocycles. The molecule has 0 bridgehead atoms. The normalized spacial score (nSPS) is 12.2. The van der Waals surface area contributed by atoms with Crippen LogP contribution in [0.4, 0.5) is 0 Å². The fourth-order valence-corrected chi connectivity index (χ4v) is 6.13. The second kappa shape index (κ2) is 20.7. The second-order valence-electron chi connectivity index (χ2n) is 13.9. The topological polar surface area (TPSA) is 46.5 Å². The third kappa shape index (κ3) is 16.9. The van der Waals surface area contributed by atoms with Crippen molar-refractivity contribution in [2.24, 2.45) is 0 Å². The Morgan fingerprint density at radius 3 is 1.43 bits per heavy atom. The fraction of sp³-hybridized carbons (Fsp3) is 0.806. The standard InChI is InChI=1S/C36H64O3S/c1-8-9-10-11-12-13-14-15-16-17-18-19-20-21-22-23-26-40-27-24-25-33(37)39-30-28-31(35(2,3)4)34(38)32(29-30)36(5,6)7/h28-29,38H,8-27H2,1-7H3. The van der Waals surface area contributed by atoms with Crippen LogP contribution >= 0.6 is 11.8 Å². The van der Waals surface area contributed by atoms with Gasteiger partial charge in [0.15, 0.2) is 0 Å². The lowest BCUT2D eigenvalue weighted by Gasteiger charge is -2.27. The molecule has 0 atom stereocenters. The number of carbonyl (C=O) groups is 1. The summed E-state index contributed by atoms with van der Waals surface area (Å²) in [4.78, 5) is 12.5. The van der Waals surface area contributed by atoms with Gasteiger partial charge in [-0.2, -0.15) is 11.8 Å². The Hall–Kier alpha value is -1.16. The molecule has 40 heavy (non-hydrogen) atoms. The number of thioether (sulfide) groups is 1. The van der Waals surface area contributed by atoms with Gasteiger partial charge in [0.1, 0.15) is 11.5 Å². The van der Waals surface area contributed by atoms with Crippen LogP contribution < -0.4 is 4.74 Å². The molecular weight excluding hydrogens is 512 g/mol. The Bertz CT molecular complexity index is 768. The molecule has 0 fully saturated rings. The van der Waals surface area contributed by atoms with Crippen molar-refractivity contribution in [1.29, 1.82) is 0 Å². The van der Waals surface area contributed by atoms with Crippen LogP contribution in [0.25, 0.3) is 0 Å². The molecule has 232 valence electrons. The monoisotopic (exact) mass is 576 g/mol. The van der Waals surface area contributed by atoms with Crippen LogP contribution in [-0.2, 0) is 15.6 Å². The Morgan fingerprint density at radius 1 is 0.650 bits per heavy atom. The van der Waals surface area contributed by atoms with Crippen molar-refractivity contribution in [3.63, 3.8) is 0 Å². The lowest BCUT2D eigenvalue weighted by Crippen LogP contribution is -2.18. The van der Waals surface area contributed by atoms with Gasteiger partial charge in [0, 0.05) is 17.5 Å². The van der Waals surface area contributed by atoms with Gasteiger partial charge in [-0.05, 0) is 47.3 Å². The summed E-state index contributed by atoms with van der Waals surface area (Å²) in [6, 6.07) is 3.66. The van der Waals surface area contributed by atoms with Gasteiger partial charge >= 0.3 is 5.97 Å². The summed E-state index contributed by atoms with van der Waals surface area (Å²) in [5, 5.41) is 10.9. The Labute approximate surface area is 253 Å². The van der Waals surface area contributed by atoms with E-state index in [9.17, 15) is 9.90 Å². The first-order valence-electron chi connectivity index (χ1n) is 16.6. The number of hydrogen-bond donors (Lipinski definition) is 1. The minimum atomic E-state index is -0.240. The number of hydrogen-bond acceptors (Lipinski definition) is 4. The number of rotatable bonds is 22. The highest BCUT2D eigenvalue weighted by molar-refractivity contribution is 7.99. The van der Waals surface area contributed by atoms with E-state index in [1.165, 1.54) is 108 Å². The average molecular weight is 577 g/mol. The smallest absolute Gasteiger partial charge is 0.311 e. The second-order valence-corrected chi connectivity index (χ2v) is 15.1. The summed E-state index contributed by atoms with van der Waals surface area (Å²) in [5.41, 5.74) is 1.15. The number of ether oxygens (including phenoxy) is 1. The van der Waals surface area contributed by atoms with Crippen molar-refractivity contribution >= 4 is 17.7 Å². The maximum atomic E-state index is 12.5. The van der Waals surface area contributed by atoms with Gasteiger partial charge in [-0.1, -0.05) is 145 Å². The average Bonchev–Trinajstić information content (AvgIpc) is 2.87. The van der Waals surface area contributed by atoms with Crippen LogP contribution in [0.3, 0.4) is 0 Å². The van der Waals surface area contributed by atoms with Gasteiger partial charge < -0.3 is 9.84 Å². The number of phenolic OH excluding ortho intramolecular Hbond substituents is 1. The minimum absolute atomic E-state index is 0.187. The number of esters is 1. The van der Waals surface area contributed by atoms with E-state index in [2.05, 4.69) is 48.5 Å². The molecule has 0 aromatic heterocycles. The van der Waals surface area contributed by atoms with Crippen LogP contribution in [0.1, 0.15) is 175 Å². The molecule has 4 heteroatoms. The van der Waals surface area contributed by atoms with Crippen molar-refractivity contribution < 1.29 is 14.6 Å². The molecule has 0 aliphatic heterocycles. The summed E-state index contributed by atoms with van der Waals surface area (Å²) >= 11 is 1.96. The zero-order chi connectivity index (χ0) is 29.9. The maximum absolute atomic E-state index is 12.5. The first kappa shape index (κ1) is 36.9. The SMILES string of the molecule is CCCCCCCCCCCCCCCCCCSCCCC(=O)Oc1cc(C(C)(C)C)c(O)c(C(C)(C)C)c1. The highest BCUT2D eigenvalue weighted by atomic mass is 32.2. The summed E-state index contributed by atoms with van der Waals surface area (Å²) in [6.45, 7) is 14.7. The first-order valence-corrected chi connectivity index (χ1v) is 17.8. The number of carbonyl (C=O) groups excluding carboxylic acids is 1. The number of aromatic hydroxyl groups is 1. The van der Waals surface area contributed by atoms with Crippen molar-refractivity contribution in [3.05, 3.63) is 23.3 Å². The molecule has 0 aliphatic carbocycles. The largest absolute Gasteiger partial charge is 0.507 e. The first-order chi connectivity index (χ1) is 19.0. The molecule has 0 radical (unpaired) electrons. The molecule has 1 N–H and O–H groups in total. The molecule has 1 aromatic carbocycles. The van der Waals surface area contributed by atoms with Gasteiger partial charge in [0.2, 0.25) is 0 Å². The molecular formula is C36H64O3S. The van der Waals surface area contributed by atoms with E-state index in [0.29, 0.717) is 17.9 Å². The molecule has 1 aromatic rings. The van der Waals surface area contributed by atoms with Crippen LogP contribution in [0.5, 0.6) is 11.5 Å². The zero-order valence-electron chi connectivity index (χ0n) is 27.5. The van der Waals surface area contributed by atoms with E-state index in [0.717, 1.165) is 23.3 Å². The Balaban J connectivity index is 2.07. The maximum Gasteiger partial charge on any atom is 0.311 e. The van der Waals surface area contributed by atoms with Crippen LogP contribution in [-0.4, -0.2) is 22.6 Å². The molecule has 1 rings (SSSR count). The van der Waals surface area contributed by atoms with Crippen LogP contribution in [0.15, 0.2) is 12.1 Å². The predicted molar refractivity (Wildman–Crippen MR) is 177 cm³/mol. The van der Waals surface area contributed by atoms with Crippen LogP contribution in [0.2, 0.25) is 0 Å². The van der Waals surface area contributed by atoms with Gasteiger partial charge in [-0.3, -0.25) is 4.79 Å². The molecule has 0 amide bonds. The summed E-state index contributed by atoms with van der Waals surface area (Å²) in [7, 11) is 0. The van der Waals surface area contributed by atoms with Gasteiger partial charge in [-0.15, -0.1) is 0 Å². The van der Waals surface area contributed by atoms with Crippen molar-refractivity contribution in [2.45, 2.75) is 175 Å². The lowest BCUT2D eigenvalue weighted by atomic mass is 9.79. The minimum Gasteiger partial charge on any atom is -0.507 e. The molecule has 0 spiro atoms. The van der Waals surface area contributed by atoms with Crippen molar-refractivity contribution in [3.8, 4) is 11.5 Å². The third-order valence-corrected chi connectivity index (χ3v) is 8.90. The molecule has 0 unspecified atom stereocenters. The van der Waals surface area contributed by atoms with E-state index in [1.807, 2.05) is 23.9 Å². The number of phenols is 1. The highest BCUT2D eigenvalue weighted by Gasteiger charge is 2.27. The van der Waals surface area contributed by atoms with Crippen molar-refractivity contribution in [2.75, 3.05) is 11.5 Å². The Kier molecular flexibility index (Phi) is 19.1. The summed E-state index contributed by atoms with van der Waals surface area (Å²) in [5.74, 6) is 2.86. The quantitative estimate of drug-likeness (QED) is 0.0847. The summed E-state index contributed by atoms with van der Waals surface area (Å²) in [6.07, 6.45) is 23.8. The van der Waals surface area contributed by atoms with Gasteiger partial charge in [-0.25, -0.2) is 0 Å². The van der Waals surface area contributed by atoms with Gasteiger partial charge in [0.05, 0.1) is 0 Å². The van der Waals surface area contributed by atoms with Crippen molar-refractivity contribution in [1.82, 2.24) is 0 Å². The lowest BCUT2D eigenvalue weighted by molar-refractivity contribution is -0.134. The number of benzene rings is 1. The Morgan fingerprint density at radius 2 is 1.02 bits per heavy atom. The summed E-state index contributed by atoms with van der Waals surface area (Å²) < 4.78 is 5.72. The highest BCUT2D eigenvalue weighted by Crippen LogP contribution is 2.41. The number of unbranched alkanes of at least 4 members (excludes halogenated alkanes) is 15. The van der Waals surface area contributed by atoms with Gasteiger partial charge in [0.25, 0.3) is 0 Å². The van der Waals surface area contributed by atoms with E-state index in [-0.39, 0.29) is 16.8 Å². The zero-order valence-corrected chi connectivity index (χ0v) is 28.3. The van der Waals surface area contributed by atoms with Crippen LogP contribution in [0, 0.1) is 0 Å². The van der Waals surface area contributed by atoms with E-state index in [4.69, 9.17) is 4.74 Å². The fourth-order valence-electron chi connectivity index (χ4n) is 5.17. The molecule has 0 heterocycles. The third-order valence-electron chi connectivity index (χ3n) is 7.74.